The first kappa shape index (κ1) is 13.0. The lowest BCUT2D eigenvalue weighted by molar-refractivity contribution is -0.137. The molecule has 0 amide bonds. The van der Waals surface area contributed by atoms with Crippen molar-refractivity contribution >= 4 is 34.9 Å². The van der Waals surface area contributed by atoms with Crippen LogP contribution in [0.2, 0.25) is 10.3 Å². The highest BCUT2D eigenvalue weighted by Crippen LogP contribution is 2.22. The smallest absolute Gasteiger partial charge is 0.305 e. The fourth-order valence-corrected chi connectivity index (χ4v) is 1.48. The second-order valence-electron chi connectivity index (χ2n) is 3.22. The number of hydrogen-bond acceptors (Lipinski definition) is 4. The molecule has 16 heavy (non-hydrogen) atoms. The molecule has 0 aliphatic carbocycles. The Kier molecular flexibility index (Phi) is 4.76. The molecule has 0 aliphatic heterocycles. The number of carbonyl (C=O) groups is 1. The van der Waals surface area contributed by atoms with Gasteiger partial charge in [0.2, 0.25) is 0 Å². The van der Waals surface area contributed by atoms with Gasteiger partial charge in [-0.15, -0.1) is 10.2 Å². The Bertz CT molecular complexity index is 387. The highest BCUT2D eigenvalue weighted by molar-refractivity contribution is 6.33. The number of nitrogens with one attached hydrogen (secondary N) is 1. The summed E-state index contributed by atoms with van der Waals surface area (Å²) in [5.74, 6) is -0.872. The maximum Gasteiger partial charge on any atom is 0.305 e. The molecule has 0 aromatic carbocycles. The van der Waals surface area contributed by atoms with Gasteiger partial charge in [0, 0.05) is 12.1 Å². The molecular weight excluding hydrogens is 253 g/mol. The van der Waals surface area contributed by atoms with Crippen LogP contribution >= 0.6 is 23.2 Å². The van der Waals surface area contributed by atoms with Crippen molar-refractivity contribution in [2.45, 2.75) is 25.8 Å². The van der Waals surface area contributed by atoms with Crippen molar-refractivity contribution in [2.75, 3.05) is 5.32 Å². The van der Waals surface area contributed by atoms with Gasteiger partial charge in [-0.2, -0.15) is 0 Å². The summed E-state index contributed by atoms with van der Waals surface area (Å²) in [5, 5.41) is 19.2. The monoisotopic (exact) mass is 263 g/mol. The van der Waals surface area contributed by atoms with Gasteiger partial charge in [0.1, 0.15) is 0 Å². The normalized spacial score (nSPS) is 12.2. The summed E-state index contributed by atoms with van der Waals surface area (Å²) in [4.78, 5) is 10.6. The number of aromatic nitrogens is 2. The van der Waals surface area contributed by atoms with Gasteiger partial charge in [-0.25, -0.2) is 0 Å². The molecule has 1 heterocycles. The molecule has 1 aromatic rings. The average molecular weight is 264 g/mol. The zero-order chi connectivity index (χ0) is 12.1. The van der Waals surface area contributed by atoms with E-state index >= 15 is 0 Å². The Morgan fingerprint density at radius 2 is 2.25 bits per heavy atom. The predicted octanol–water partition coefficient (Wildman–Crippen LogP) is 2.45. The van der Waals surface area contributed by atoms with Crippen molar-refractivity contribution in [2.24, 2.45) is 0 Å². The minimum absolute atomic E-state index is 0.00672. The van der Waals surface area contributed by atoms with Crippen molar-refractivity contribution in [1.29, 1.82) is 0 Å². The highest BCUT2D eigenvalue weighted by atomic mass is 35.5. The van der Waals surface area contributed by atoms with E-state index in [0.717, 1.165) is 0 Å². The third-order valence-corrected chi connectivity index (χ3v) is 2.46. The zero-order valence-corrected chi connectivity index (χ0v) is 10.1. The average Bonchev–Trinajstić information content (AvgIpc) is 2.21. The molecule has 0 fully saturated rings. The number of aliphatic carboxylic acids is 1. The van der Waals surface area contributed by atoms with Crippen molar-refractivity contribution in [3.05, 3.63) is 16.4 Å². The van der Waals surface area contributed by atoms with Crippen molar-refractivity contribution in [3.8, 4) is 0 Å². The van der Waals surface area contributed by atoms with Crippen LogP contribution in [0.1, 0.15) is 19.8 Å². The molecule has 7 heteroatoms. The van der Waals surface area contributed by atoms with Gasteiger partial charge in [0.25, 0.3) is 0 Å². The summed E-state index contributed by atoms with van der Waals surface area (Å²) in [6, 6.07) is 1.30. The Balaban J connectivity index is 2.77. The van der Waals surface area contributed by atoms with Crippen LogP contribution in [0.15, 0.2) is 6.07 Å². The number of rotatable bonds is 5. The Hall–Kier alpha value is -1.07. The van der Waals surface area contributed by atoms with Crippen LogP contribution in [-0.2, 0) is 4.79 Å². The fraction of sp³-hybridized carbons (Fsp3) is 0.444. The molecule has 0 spiro atoms. The van der Waals surface area contributed by atoms with E-state index in [9.17, 15) is 4.79 Å². The van der Waals surface area contributed by atoms with E-state index in [1.54, 1.807) is 0 Å². The molecule has 0 aliphatic rings. The van der Waals surface area contributed by atoms with Crippen LogP contribution in [0.5, 0.6) is 0 Å². The third kappa shape index (κ3) is 3.83. The van der Waals surface area contributed by atoms with E-state index in [4.69, 9.17) is 28.3 Å². The van der Waals surface area contributed by atoms with Crippen molar-refractivity contribution in [1.82, 2.24) is 10.2 Å². The summed E-state index contributed by atoms with van der Waals surface area (Å²) in [6.07, 6.45) is 0.662. The maximum atomic E-state index is 10.6. The minimum atomic E-state index is -0.872. The number of carboxylic acid groups (broad SMARTS) is 1. The van der Waals surface area contributed by atoms with Crippen molar-refractivity contribution < 1.29 is 9.90 Å². The van der Waals surface area contributed by atoms with E-state index in [0.29, 0.717) is 12.1 Å². The quantitative estimate of drug-likeness (QED) is 0.854. The molecule has 0 saturated carbocycles. The first-order chi connectivity index (χ1) is 7.52. The molecule has 0 radical (unpaired) electrons. The van der Waals surface area contributed by atoms with Gasteiger partial charge in [-0.05, 0) is 6.42 Å². The molecule has 1 rings (SSSR count). The first-order valence-electron chi connectivity index (χ1n) is 4.70. The molecule has 1 unspecified atom stereocenters. The minimum Gasteiger partial charge on any atom is -0.481 e. The SMILES string of the molecule is CCC(CC(=O)O)Nc1cc(Cl)nnc1Cl. The van der Waals surface area contributed by atoms with Crippen LogP contribution in [0.4, 0.5) is 5.69 Å². The van der Waals surface area contributed by atoms with E-state index in [2.05, 4.69) is 15.5 Å². The number of halogens is 2. The lowest BCUT2D eigenvalue weighted by Crippen LogP contribution is -2.22. The molecule has 0 saturated heterocycles. The maximum absolute atomic E-state index is 10.6. The molecule has 88 valence electrons. The summed E-state index contributed by atoms with van der Waals surface area (Å²) >= 11 is 11.5. The standard InChI is InChI=1S/C9H11Cl2N3O2/c1-2-5(3-8(15)16)12-6-4-7(10)13-14-9(6)11/h4-5H,2-3H2,1H3,(H,12,13)(H,15,16). The number of carboxylic acids is 1. The van der Waals surface area contributed by atoms with Gasteiger partial charge in [-0.3, -0.25) is 4.79 Å². The lowest BCUT2D eigenvalue weighted by Gasteiger charge is -2.16. The highest BCUT2D eigenvalue weighted by Gasteiger charge is 2.13. The topological polar surface area (TPSA) is 75.1 Å². The Morgan fingerprint density at radius 1 is 1.56 bits per heavy atom. The third-order valence-electron chi connectivity index (χ3n) is 1.99. The number of hydrogen-bond donors (Lipinski definition) is 2. The molecular formula is C9H11Cl2N3O2. The van der Waals surface area contributed by atoms with Gasteiger partial charge in [-0.1, -0.05) is 30.1 Å². The van der Waals surface area contributed by atoms with Gasteiger partial charge < -0.3 is 10.4 Å². The molecule has 1 atom stereocenters. The zero-order valence-electron chi connectivity index (χ0n) is 8.57. The number of nitrogens with zero attached hydrogens (tertiary/aromatic N) is 2. The summed E-state index contributed by atoms with van der Waals surface area (Å²) in [5.41, 5.74) is 0.495. The second-order valence-corrected chi connectivity index (χ2v) is 3.96. The molecule has 1 aromatic heterocycles. The van der Waals surface area contributed by atoms with Crippen LogP contribution in [0.25, 0.3) is 0 Å². The fourth-order valence-electron chi connectivity index (χ4n) is 1.18. The van der Waals surface area contributed by atoms with Gasteiger partial charge >= 0.3 is 5.97 Å². The molecule has 5 nitrogen and oxygen atoms in total. The van der Waals surface area contributed by atoms with E-state index in [1.807, 2.05) is 6.92 Å². The predicted molar refractivity (Wildman–Crippen MR) is 62.0 cm³/mol. The van der Waals surface area contributed by atoms with Crippen LogP contribution in [0.3, 0.4) is 0 Å². The van der Waals surface area contributed by atoms with Gasteiger partial charge in [0.15, 0.2) is 10.3 Å². The Morgan fingerprint density at radius 3 is 2.81 bits per heavy atom. The van der Waals surface area contributed by atoms with Crippen LogP contribution < -0.4 is 5.32 Å². The second kappa shape index (κ2) is 5.86. The van der Waals surface area contributed by atoms with Crippen LogP contribution in [0, 0.1) is 0 Å². The van der Waals surface area contributed by atoms with Gasteiger partial charge in [0.05, 0.1) is 12.1 Å². The van der Waals surface area contributed by atoms with Crippen molar-refractivity contribution in [3.63, 3.8) is 0 Å². The molecule has 0 bridgehead atoms. The van der Waals surface area contributed by atoms with E-state index in [1.165, 1.54) is 6.07 Å². The lowest BCUT2D eigenvalue weighted by atomic mass is 10.1. The summed E-state index contributed by atoms with van der Waals surface area (Å²) < 4.78 is 0. The first-order valence-corrected chi connectivity index (χ1v) is 5.45. The molecule has 2 N–H and O–H groups in total. The number of anilines is 1. The van der Waals surface area contributed by atoms with E-state index in [-0.39, 0.29) is 22.8 Å². The van der Waals surface area contributed by atoms with E-state index < -0.39 is 5.97 Å². The Labute approximate surface area is 103 Å². The summed E-state index contributed by atoms with van der Waals surface area (Å²) in [7, 11) is 0. The largest absolute Gasteiger partial charge is 0.481 e. The summed E-state index contributed by atoms with van der Waals surface area (Å²) in [6.45, 7) is 1.88. The van der Waals surface area contributed by atoms with Crippen LogP contribution in [-0.4, -0.2) is 27.3 Å².